The summed E-state index contributed by atoms with van der Waals surface area (Å²) in [7, 11) is 0. The summed E-state index contributed by atoms with van der Waals surface area (Å²) >= 11 is 6.56. The molecule has 0 aliphatic carbocycles. The van der Waals surface area contributed by atoms with E-state index in [9.17, 15) is 4.79 Å². The van der Waals surface area contributed by atoms with Crippen molar-refractivity contribution in [2.75, 3.05) is 0 Å². The van der Waals surface area contributed by atoms with Gasteiger partial charge < -0.3 is 4.79 Å². The molecule has 0 saturated heterocycles. The van der Waals surface area contributed by atoms with Gasteiger partial charge in [-0.2, -0.15) is 0 Å². The van der Waals surface area contributed by atoms with Crippen molar-refractivity contribution in [3.05, 3.63) is 26.9 Å². The number of carbonyl (C=O) groups excluding carboxylic acids is 1. The summed E-state index contributed by atoms with van der Waals surface area (Å²) in [6, 6.07) is 1.87. The first-order chi connectivity index (χ1) is 5.24. The second kappa shape index (κ2) is 3.97. The highest BCUT2D eigenvalue weighted by Crippen LogP contribution is 2.19. The minimum atomic E-state index is 0.355. The van der Waals surface area contributed by atoms with Crippen molar-refractivity contribution < 1.29 is 4.79 Å². The van der Waals surface area contributed by atoms with Gasteiger partial charge in [-0.1, -0.05) is 0 Å². The summed E-state index contributed by atoms with van der Waals surface area (Å²) in [6.45, 7) is 0. The molecule has 1 aromatic rings. The summed E-state index contributed by atoms with van der Waals surface area (Å²) in [6.07, 6.45) is 2.86. The zero-order valence-corrected chi connectivity index (χ0v) is 8.72. The number of aldehydes is 1. The van der Waals surface area contributed by atoms with Crippen molar-refractivity contribution >= 4 is 38.1 Å². The highest BCUT2D eigenvalue weighted by molar-refractivity contribution is 9.11. The number of aromatic nitrogens is 1. The van der Waals surface area contributed by atoms with E-state index in [4.69, 9.17) is 0 Å². The zero-order chi connectivity index (χ0) is 8.27. The van der Waals surface area contributed by atoms with Crippen molar-refractivity contribution in [2.45, 2.75) is 6.42 Å². The largest absolute Gasteiger partial charge is 0.303 e. The van der Waals surface area contributed by atoms with Crippen molar-refractivity contribution in [1.29, 1.82) is 0 Å². The van der Waals surface area contributed by atoms with Gasteiger partial charge in [-0.05, 0) is 37.9 Å². The third-order valence-electron chi connectivity index (χ3n) is 1.16. The molecule has 0 aliphatic heterocycles. The molecule has 0 amide bonds. The zero-order valence-electron chi connectivity index (χ0n) is 5.55. The minimum absolute atomic E-state index is 0.355. The van der Waals surface area contributed by atoms with Crippen LogP contribution in [0, 0.1) is 0 Å². The summed E-state index contributed by atoms with van der Waals surface area (Å²) in [5.41, 5.74) is 0.767. The van der Waals surface area contributed by atoms with Gasteiger partial charge in [0.2, 0.25) is 0 Å². The van der Waals surface area contributed by atoms with Crippen LogP contribution in [0.2, 0.25) is 0 Å². The molecular formula is C7H5Br2NO. The highest BCUT2D eigenvalue weighted by Gasteiger charge is 1.99. The Morgan fingerprint density at radius 1 is 1.55 bits per heavy atom. The fourth-order valence-electron chi connectivity index (χ4n) is 0.672. The van der Waals surface area contributed by atoms with Gasteiger partial charge in [0.25, 0.3) is 0 Å². The Labute approximate surface area is 81.3 Å². The second-order valence-electron chi connectivity index (χ2n) is 1.95. The number of halogens is 2. The molecule has 0 fully saturated rings. The minimum Gasteiger partial charge on any atom is -0.303 e. The molecule has 11 heavy (non-hydrogen) atoms. The van der Waals surface area contributed by atoms with Crippen molar-refractivity contribution in [3.63, 3.8) is 0 Å². The molecule has 0 spiro atoms. The fraction of sp³-hybridized carbons (Fsp3) is 0.143. The van der Waals surface area contributed by atoms with Crippen molar-refractivity contribution in [3.8, 4) is 0 Å². The first-order valence-corrected chi connectivity index (χ1v) is 4.56. The standard InChI is InChI=1S/C7H5Br2NO/c8-5-3-6(9)7(1-2-11)10-4-5/h2-4H,1H2. The van der Waals surface area contributed by atoms with Crippen LogP contribution in [0.4, 0.5) is 0 Å². The Hall–Kier alpha value is -0.220. The van der Waals surface area contributed by atoms with Crippen LogP contribution >= 0.6 is 31.9 Å². The molecule has 1 heterocycles. The van der Waals surface area contributed by atoms with Gasteiger partial charge in [0.15, 0.2) is 0 Å². The van der Waals surface area contributed by atoms with E-state index in [1.54, 1.807) is 6.20 Å². The van der Waals surface area contributed by atoms with Crippen LogP contribution < -0.4 is 0 Å². The first-order valence-electron chi connectivity index (χ1n) is 2.97. The lowest BCUT2D eigenvalue weighted by molar-refractivity contribution is -0.107. The predicted octanol–water partition coefficient (Wildman–Crippen LogP) is 2.35. The van der Waals surface area contributed by atoms with Gasteiger partial charge in [0, 0.05) is 21.6 Å². The van der Waals surface area contributed by atoms with Crippen LogP contribution in [-0.4, -0.2) is 11.3 Å². The maximum Gasteiger partial charge on any atom is 0.125 e. The molecule has 0 bridgehead atoms. The highest BCUT2D eigenvalue weighted by atomic mass is 79.9. The average molecular weight is 279 g/mol. The molecular weight excluding hydrogens is 274 g/mol. The summed E-state index contributed by atoms with van der Waals surface area (Å²) in [5, 5.41) is 0. The summed E-state index contributed by atoms with van der Waals surface area (Å²) in [4.78, 5) is 14.2. The topological polar surface area (TPSA) is 30.0 Å². The van der Waals surface area contributed by atoms with Crippen LogP contribution in [0.3, 0.4) is 0 Å². The normalized spacial score (nSPS) is 9.64. The summed E-state index contributed by atoms with van der Waals surface area (Å²) in [5.74, 6) is 0. The molecule has 2 nitrogen and oxygen atoms in total. The van der Waals surface area contributed by atoms with E-state index in [1.807, 2.05) is 6.07 Å². The fourth-order valence-corrected chi connectivity index (χ4v) is 1.82. The quantitative estimate of drug-likeness (QED) is 0.778. The molecule has 0 unspecified atom stereocenters. The third kappa shape index (κ3) is 2.38. The maximum absolute atomic E-state index is 10.1. The molecule has 0 N–H and O–H groups in total. The molecule has 4 heteroatoms. The number of hydrogen-bond acceptors (Lipinski definition) is 2. The van der Waals surface area contributed by atoms with Gasteiger partial charge in [0.1, 0.15) is 6.29 Å². The number of rotatable bonds is 2. The van der Waals surface area contributed by atoms with Gasteiger partial charge in [-0.25, -0.2) is 0 Å². The number of hydrogen-bond donors (Lipinski definition) is 0. The molecule has 58 valence electrons. The van der Waals surface area contributed by atoms with E-state index in [0.29, 0.717) is 6.42 Å². The SMILES string of the molecule is O=CCc1ncc(Br)cc1Br. The molecule has 0 atom stereocenters. The van der Waals surface area contributed by atoms with E-state index in [2.05, 4.69) is 36.8 Å². The Kier molecular flexibility index (Phi) is 3.20. The van der Waals surface area contributed by atoms with Crippen molar-refractivity contribution in [1.82, 2.24) is 4.98 Å². The van der Waals surface area contributed by atoms with Crippen LogP contribution in [0.5, 0.6) is 0 Å². The van der Waals surface area contributed by atoms with Gasteiger partial charge in [0.05, 0.1) is 5.69 Å². The molecule has 1 rings (SSSR count). The van der Waals surface area contributed by atoms with Gasteiger partial charge in [-0.15, -0.1) is 0 Å². The lowest BCUT2D eigenvalue weighted by atomic mass is 10.3. The Balaban J connectivity index is 2.98. The lowest BCUT2D eigenvalue weighted by Crippen LogP contribution is -1.91. The monoisotopic (exact) mass is 277 g/mol. The number of nitrogens with zero attached hydrogens (tertiary/aromatic N) is 1. The van der Waals surface area contributed by atoms with Crippen LogP contribution in [0.1, 0.15) is 5.69 Å². The van der Waals surface area contributed by atoms with Crippen LogP contribution in [-0.2, 0) is 11.2 Å². The Morgan fingerprint density at radius 2 is 2.27 bits per heavy atom. The molecule has 0 radical (unpaired) electrons. The van der Waals surface area contributed by atoms with Crippen LogP contribution in [0.25, 0.3) is 0 Å². The molecule has 0 aromatic carbocycles. The first kappa shape index (κ1) is 8.87. The summed E-state index contributed by atoms with van der Waals surface area (Å²) < 4.78 is 1.76. The molecule has 0 aliphatic rings. The lowest BCUT2D eigenvalue weighted by Gasteiger charge is -1.97. The number of carbonyl (C=O) groups is 1. The van der Waals surface area contributed by atoms with Crippen LogP contribution in [0.15, 0.2) is 21.2 Å². The van der Waals surface area contributed by atoms with Crippen molar-refractivity contribution in [2.24, 2.45) is 0 Å². The third-order valence-corrected chi connectivity index (χ3v) is 2.28. The van der Waals surface area contributed by atoms with E-state index in [0.717, 1.165) is 20.9 Å². The number of pyridine rings is 1. The average Bonchev–Trinajstić information content (AvgIpc) is 1.95. The molecule has 0 saturated carbocycles. The Morgan fingerprint density at radius 3 is 2.82 bits per heavy atom. The van der Waals surface area contributed by atoms with Gasteiger partial charge in [-0.3, -0.25) is 4.98 Å². The maximum atomic E-state index is 10.1. The van der Waals surface area contributed by atoms with E-state index in [-0.39, 0.29) is 0 Å². The van der Waals surface area contributed by atoms with E-state index in [1.165, 1.54) is 0 Å². The van der Waals surface area contributed by atoms with Gasteiger partial charge >= 0.3 is 0 Å². The Bertz CT molecular complexity index is 275. The van der Waals surface area contributed by atoms with E-state index < -0.39 is 0 Å². The smallest absolute Gasteiger partial charge is 0.125 e. The second-order valence-corrected chi connectivity index (χ2v) is 3.72. The predicted molar refractivity (Wildman–Crippen MR) is 49.4 cm³/mol. The van der Waals surface area contributed by atoms with E-state index >= 15 is 0 Å². The molecule has 1 aromatic heterocycles.